The van der Waals surface area contributed by atoms with Gasteiger partial charge in [0.05, 0.1) is 11.7 Å². The predicted octanol–water partition coefficient (Wildman–Crippen LogP) is 2.81. The Morgan fingerprint density at radius 2 is 1.75 bits per heavy atom. The molecule has 2 aliphatic rings. The second-order valence-corrected chi connectivity index (χ2v) is 7.70. The summed E-state index contributed by atoms with van der Waals surface area (Å²) >= 11 is 0. The molecule has 1 heterocycles. The lowest BCUT2D eigenvalue weighted by atomic mass is 9.86. The number of hydrogen-bond acceptors (Lipinski definition) is 4. The van der Waals surface area contributed by atoms with Gasteiger partial charge in [-0.05, 0) is 58.8 Å². The molecule has 1 saturated heterocycles. The van der Waals surface area contributed by atoms with E-state index in [-0.39, 0.29) is 12.4 Å². The van der Waals surface area contributed by atoms with Crippen molar-refractivity contribution in [3.63, 3.8) is 0 Å². The summed E-state index contributed by atoms with van der Waals surface area (Å²) in [7, 11) is 0. The minimum atomic E-state index is -1.17. The van der Waals surface area contributed by atoms with Crippen LogP contribution in [-0.2, 0) is 9.47 Å². The van der Waals surface area contributed by atoms with E-state index in [0.717, 1.165) is 18.8 Å². The van der Waals surface area contributed by atoms with Gasteiger partial charge in [-0.3, -0.25) is 0 Å². The molecule has 0 spiro atoms. The summed E-state index contributed by atoms with van der Waals surface area (Å²) in [6, 6.07) is 0. The molecule has 0 radical (unpaired) electrons. The van der Waals surface area contributed by atoms with Crippen molar-refractivity contribution in [3.8, 4) is 0 Å². The molecule has 0 aromatic heterocycles. The third-order valence-electron chi connectivity index (χ3n) is 4.09. The largest absolute Gasteiger partial charge is 0.390 e. The van der Waals surface area contributed by atoms with Crippen molar-refractivity contribution in [2.45, 2.75) is 90.0 Å². The quantitative estimate of drug-likeness (QED) is 0.707. The van der Waals surface area contributed by atoms with Gasteiger partial charge in [-0.1, -0.05) is 12.8 Å². The van der Waals surface area contributed by atoms with Gasteiger partial charge in [-0.25, -0.2) is 0 Å². The van der Waals surface area contributed by atoms with Gasteiger partial charge in [0.2, 0.25) is 0 Å². The van der Waals surface area contributed by atoms with Crippen molar-refractivity contribution < 1.29 is 19.7 Å². The lowest BCUT2D eigenvalue weighted by Gasteiger charge is -2.25. The molecule has 1 saturated carbocycles. The maximum Gasteiger partial charge on any atom is 0.162 e. The lowest BCUT2D eigenvalue weighted by Crippen LogP contribution is -2.30. The normalized spacial score (nSPS) is 31.8. The fraction of sp³-hybridized carbons (Fsp3) is 1.00. The van der Waals surface area contributed by atoms with Gasteiger partial charge in [0.15, 0.2) is 12.1 Å². The molecule has 20 heavy (non-hydrogen) atoms. The number of aliphatic hydroxyl groups is 2. The minimum Gasteiger partial charge on any atom is -0.390 e. The molecule has 4 nitrogen and oxygen atoms in total. The summed E-state index contributed by atoms with van der Waals surface area (Å²) < 4.78 is 11.5. The van der Waals surface area contributed by atoms with E-state index in [0.29, 0.717) is 12.3 Å². The molecule has 1 aliphatic carbocycles. The lowest BCUT2D eigenvalue weighted by molar-refractivity contribution is -0.269. The highest BCUT2D eigenvalue weighted by molar-refractivity contribution is 4.86. The highest BCUT2D eigenvalue weighted by Crippen LogP contribution is 2.40. The molecule has 2 N–H and O–H groups in total. The molecular formula is C16H30O4. The van der Waals surface area contributed by atoms with E-state index in [2.05, 4.69) is 0 Å². The first kappa shape index (κ1) is 16.2. The zero-order chi connectivity index (χ0) is 15.0. The van der Waals surface area contributed by atoms with Crippen molar-refractivity contribution in [1.82, 2.24) is 0 Å². The average molecular weight is 286 g/mol. The summed E-state index contributed by atoms with van der Waals surface area (Å²) in [5.74, 6) is 0.0201. The Kier molecular flexibility index (Phi) is 4.80. The average Bonchev–Trinajstić information content (AvgIpc) is 2.97. The highest BCUT2D eigenvalue weighted by Gasteiger charge is 2.40. The first-order chi connectivity index (χ1) is 9.12. The highest BCUT2D eigenvalue weighted by atomic mass is 16.7. The van der Waals surface area contributed by atoms with Gasteiger partial charge in [0.1, 0.15) is 0 Å². The van der Waals surface area contributed by atoms with E-state index in [4.69, 9.17) is 9.47 Å². The second-order valence-electron chi connectivity index (χ2n) is 7.70. The summed E-state index contributed by atoms with van der Waals surface area (Å²) in [5.41, 5.74) is -0.685. The molecule has 2 unspecified atom stereocenters. The van der Waals surface area contributed by atoms with Gasteiger partial charge in [-0.15, -0.1) is 0 Å². The molecule has 2 fully saturated rings. The third-order valence-corrected chi connectivity index (χ3v) is 4.09. The van der Waals surface area contributed by atoms with Crippen LogP contribution in [0.25, 0.3) is 0 Å². The van der Waals surface area contributed by atoms with E-state index in [1.165, 1.54) is 19.3 Å². The van der Waals surface area contributed by atoms with Crippen LogP contribution in [0.5, 0.6) is 0 Å². The van der Waals surface area contributed by atoms with Crippen LogP contribution in [0.1, 0.15) is 66.2 Å². The maximum atomic E-state index is 10.1. The molecule has 3 atom stereocenters. The molecule has 4 heteroatoms. The summed E-state index contributed by atoms with van der Waals surface area (Å²) in [6.07, 6.45) is 6.22. The maximum absolute atomic E-state index is 10.1. The first-order valence-electron chi connectivity index (χ1n) is 7.90. The van der Waals surface area contributed by atoms with E-state index in [1.54, 1.807) is 13.8 Å². The van der Waals surface area contributed by atoms with E-state index in [1.807, 2.05) is 13.8 Å². The predicted molar refractivity (Wildman–Crippen MR) is 77.0 cm³/mol. The first-order valence-corrected chi connectivity index (χ1v) is 7.90. The standard InChI is InChI=1S/C16H30O4/c1-15(2,17)10-12-9-14(20-16(3,4)18)19-13(12)8-7-11-5-6-11/h11-14,17-18H,5-10H2,1-4H3/t12?,13?,14-/m1/s1. The Balaban J connectivity index is 1.90. The zero-order valence-electron chi connectivity index (χ0n) is 13.3. The number of rotatable bonds is 7. The summed E-state index contributed by atoms with van der Waals surface area (Å²) in [6.45, 7) is 6.93. The van der Waals surface area contributed by atoms with Crippen LogP contribution in [0.15, 0.2) is 0 Å². The Hall–Kier alpha value is -0.160. The molecule has 2 rings (SSSR count). The van der Waals surface area contributed by atoms with Crippen LogP contribution in [0.3, 0.4) is 0 Å². The summed E-state index contributed by atoms with van der Waals surface area (Å²) in [4.78, 5) is 0. The molecule has 1 aliphatic heterocycles. The Labute approximate surface area is 122 Å². The van der Waals surface area contributed by atoms with Gasteiger partial charge in [0, 0.05) is 6.42 Å². The molecule has 0 bridgehead atoms. The van der Waals surface area contributed by atoms with E-state index >= 15 is 0 Å². The van der Waals surface area contributed by atoms with Gasteiger partial charge < -0.3 is 19.7 Å². The molecule has 0 aromatic carbocycles. The zero-order valence-corrected chi connectivity index (χ0v) is 13.3. The van der Waals surface area contributed by atoms with Crippen molar-refractivity contribution in [2.75, 3.05) is 0 Å². The molecule has 0 aromatic rings. The Morgan fingerprint density at radius 1 is 1.10 bits per heavy atom. The van der Waals surface area contributed by atoms with E-state index in [9.17, 15) is 10.2 Å². The van der Waals surface area contributed by atoms with Gasteiger partial charge in [0.25, 0.3) is 0 Å². The minimum absolute atomic E-state index is 0.148. The van der Waals surface area contributed by atoms with Crippen LogP contribution >= 0.6 is 0 Å². The SMILES string of the molecule is CC(C)(O)CC1C[C@@H](OC(C)(C)O)OC1CCC1CC1. The van der Waals surface area contributed by atoms with Crippen LogP contribution in [0.2, 0.25) is 0 Å². The molecule has 0 amide bonds. The second kappa shape index (κ2) is 5.91. The molecule has 118 valence electrons. The summed E-state index contributed by atoms with van der Waals surface area (Å²) in [5, 5.41) is 19.8. The monoisotopic (exact) mass is 286 g/mol. The van der Waals surface area contributed by atoms with Crippen molar-refractivity contribution in [3.05, 3.63) is 0 Å². The van der Waals surface area contributed by atoms with Crippen molar-refractivity contribution in [1.29, 1.82) is 0 Å². The number of hydrogen-bond donors (Lipinski definition) is 2. The number of ether oxygens (including phenoxy) is 2. The van der Waals surface area contributed by atoms with Gasteiger partial charge >= 0.3 is 0 Å². The van der Waals surface area contributed by atoms with Crippen LogP contribution < -0.4 is 0 Å². The van der Waals surface area contributed by atoms with Crippen molar-refractivity contribution in [2.24, 2.45) is 11.8 Å². The van der Waals surface area contributed by atoms with E-state index < -0.39 is 11.4 Å². The third kappa shape index (κ3) is 5.68. The molecular weight excluding hydrogens is 256 g/mol. The topological polar surface area (TPSA) is 58.9 Å². The van der Waals surface area contributed by atoms with Crippen LogP contribution in [0.4, 0.5) is 0 Å². The fourth-order valence-corrected chi connectivity index (χ4v) is 3.12. The smallest absolute Gasteiger partial charge is 0.162 e. The van der Waals surface area contributed by atoms with Crippen LogP contribution in [-0.4, -0.2) is 34.0 Å². The van der Waals surface area contributed by atoms with Crippen molar-refractivity contribution >= 4 is 0 Å². The van der Waals surface area contributed by atoms with Crippen LogP contribution in [0, 0.1) is 11.8 Å². The Morgan fingerprint density at radius 3 is 2.25 bits per heavy atom. The van der Waals surface area contributed by atoms with Gasteiger partial charge in [-0.2, -0.15) is 0 Å². The fourth-order valence-electron chi connectivity index (χ4n) is 3.12. The Bertz CT molecular complexity index is 311.